The first-order chi connectivity index (χ1) is 12.5. The first-order valence-corrected chi connectivity index (χ1v) is 7.44. The van der Waals surface area contributed by atoms with Crippen LogP contribution in [0.2, 0.25) is 0 Å². The first-order valence-electron chi connectivity index (χ1n) is 7.44. The Morgan fingerprint density at radius 3 is 2.22 bits per heavy atom. The predicted octanol–water partition coefficient (Wildman–Crippen LogP) is 3.49. The Kier molecular flexibility index (Phi) is 5.79. The summed E-state index contributed by atoms with van der Waals surface area (Å²) >= 11 is 0. The van der Waals surface area contributed by atoms with Gasteiger partial charge in [-0.05, 0) is 37.3 Å². The Morgan fingerprint density at radius 2 is 1.70 bits per heavy atom. The summed E-state index contributed by atoms with van der Waals surface area (Å²) in [5.74, 6) is -5.44. The molecule has 0 aromatic heterocycles. The number of ether oxygens (including phenoxy) is 1. The normalized spacial score (nSPS) is 12.4. The van der Waals surface area contributed by atoms with Crippen LogP contribution in [0.3, 0.4) is 0 Å². The molecule has 0 aliphatic heterocycles. The number of amides is 1. The maximum absolute atomic E-state index is 14.0. The van der Waals surface area contributed by atoms with Gasteiger partial charge in [-0.15, -0.1) is 0 Å². The number of benzene rings is 2. The van der Waals surface area contributed by atoms with Crippen LogP contribution in [-0.4, -0.2) is 17.9 Å². The summed E-state index contributed by atoms with van der Waals surface area (Å²) in [6, 6.07) is 3.25. The molecule has 0 aliphatic carbocycles. The van der Waals surface area contributed by atoms with Crippen LogP contribution in [-0.2, 0) is 11.0 Å². The molecule has 27 heavy (non-hydrogen) atoms. The molecule has 0 bridgehead atoms. The van der Waals surface area contributed by atoms with Crippen LogP contribution in [0.1, 0.15) is 22.8 Å². The number of carbonyl (C=O) groups is 2. The quantitative estimate of drug-likeness (QED) is 0.477. The summed E-state index contributed by atoms with van der Waals surface area (Å²) in [6.45, 7) is 1.26. The molecule has 1 amide bonds. The van der Waals surface area contributed by atoms with E-state index in [0.29, 0.717) is 12.1 Å². The second-order valence-electron chi connectivity index (χ2n) is 5.50. The zero-order valence-electron chi connectivity index (χ0n) is 13.7. The number of rotatable bonds is 4. The van der Waals surface area contributed by atoms with Gasteiger partial charge in [0.1, 0.15) is 11.9 Å². The van der Waals surface area contributed by atoms with Gasteiger partial charge in [0.05, 0.1) is 11.1 Å². The molecule has 2 aromatic rings. The standard InChI is InChI=1S/C17H13F5N2O3/c1-8(23)16(26)27-14-12(6-10(18)7-13(14)19)15(25)24-11-4-2-9(3-5-11)17(20,21)22/h2-8H,23H2,1H3,(H,24,25)/t8-/m0/s1. The van der Waals surface area contributed by atoms with Crippen LogP contribution < -0.4 is 15.8 Å². The van der Waals surface area contributed by atoms with Gasteiger partial charge in [-0.25, -0.2) is 13.6 Å². The largest absolute Gasteiger partial charge is 0.421 e. The van der Waals surface area contributed by atoms with Crippen molar-refractivity contribution in [2.24, 2.45) is 5.73 Å². The summed E-state index contributed by atoms with van der Waals surface area (Å²) in [4.78, 5) is 23.9. The van der Waals surface area contributed by atoms with Crippen LogP contribution in [0, 0.1) is 11.6 Å². The highest BCUT2D eigenvalue weighted by atomic mass is 19.4. The highest BCUT2D eigenvalue weighted by Crippen LogP contribution is 2.30. The average molecular weight is 388 g/mol. The summed E-state index contributed by atoms with van der Waals surface area (Å²) < 4.78 is 69.8. The summed E-state index contributed by atoms with van der Waals surface area (Å²) in [5, 5.41) is 2.17. The molecule has 0 saturated heterocycles. The van der Waals surface area contributed by atoms with Crippen molar-refractivity contribution < 1.29 is 36.3 Å². The Morgan fingerprint density at radius 1 is 1.11 bits per heavy atom. The fraction of sp³-hybridized carbons (Fsp3) is 0.176. The second-order valence-corrected chi connectivity index (χ2v) is 5.50. The average Bonchev–Trinajstić information content (AvgIpc) is 2.56. The number of carbonyl (C=O) groups excluding carboxylic acids is 2. The Labute approximate surface area is 149 Å². The molecular weight excluding hydrogens is 375 g/mol. The number of hydrogen-bond donors (Lipinski definition) is 2. The van der Waals surface area contributed by atoms with E-state index in [9.17, 15) is 31.5 Å². The highest BCUT2D eigenvalue weighted by Gasteiger charge is 2.30. The Hall–Kier alpha value is -3.01. The van der Waals surface area contributed by atoms with Gasteiger partial charge in [-0.2, -0.15) is 13.2 Å². The van der Waals surface area contributed by atoms with E-state index in [4.69, 9.17) is 10.5 Å². The lowest BCUT2D eigenvalue weighted by Gasteiger charge is -2.13. The molecule has 0 spiro atoms. The summed E-state index contributed by atoms with van der Waals surface area (Å²) in [6.07, 6.45) is -4.56. The Balaban J connectivity index is 2.31. The van der Waals surface area contributed by atoms with E-state index in [1.54, 1.807) is 0 Å². The smallest absolute Gasteiger partial charge is 0.416 e. The monoisotopic (exact) mass is 388 g/mol. The van der Waals surface area contributed by atoms with Crippen LogP contribution in [0.4, 0.5) is 27.6 Å². The fourth-order valence-electron chi connectivity index (χ4n) is 1.97. The molecule has 2 aromatic carbocycles. The molecule has 0 unspecified atom stereocenters. The zero-order chi connectivity index (χ0) is 20.4. The van der Waals surface area contributed by atoms with E-state index in [-0.39, 0.29) is 5.69 Å². The number of esters is 1. The molecule has 0 aliphatic rings. The van der Waals surface area contributed by atoms with E-state index < -0.39 is 52.6 Å². The van der Waals surface area contributed by atoms with Crippen LogP contribution in [0.25, 0.3) is 0 Å². The SMILES string of the molecule is C[C@H](N)C(=O)Oc1c(F)cc(F)cc1C(=O)Nc1ccc(C(F)(F)F)cc1. The number of anilines is 1. The molecule has 144 valence electrons. The van der Waals surface area contributed by atoms with Crippen molar-refractivity contribution in [3.63, 3.8) is 0 Å². The highest BCUT2D eigenvalue weighted by molar-refractivity contribution is 6.06. The van der Waals surface area contributed by atoms with E-state index >= 15 is 0 Å². The molecule has 5 nitrogen and oxygen atoms in total. The van der Waals surface area contributed by atoms with Gasteiger partial charge in [-0.3, -0.25) is 4.79 Å². The maximum Gasteiger partial charge on any atom is 0.416 e. The number of nitrogens with one attached hydrogen (secondary N) is 1. The van der Waals surface area contributed by atoms with Crippen molar-refractivity contribution in [3.05, 3.63) is 59.2 Å². The first kappa shape index (κ1) is 20.3. The van der Waals surface area contributed by atoms with Gasteiger partial charge in [0.15, 0.2) is 11.6 Å². The molecule has 2 rings (SSSR count). The van der Waals surface area contributed by atoms with Crippen molar-refractivity contribution >= 4 is 17.6 Å². The zero-order valence-corrected chi connectivity index (χ0v) is 13.7. The molecule has 0 saturated carbocycles. The van der Waals surface area contributed by atoms with E-state index in [2.05, 4.69) is 5.32 Å². The third-order valence-corrected chi connectivity index (χ3v) is 3.30. The molecule has 10 heteroatoms. The number of nitrogens with two attached hydrogens (primary N) is 1. The maximum atomic E-state index is 14.0. The Bertz CT molecular complexity index is 864. The molecule has 0 fully saturated rings. The van der Waals surface area contributed by atoms with Gasteiger partial charge < -0.3 is 15.8 Å². The van der Waals surface area contributed by atoms with Crippen LogP contribution in [0.15, 0.2) is 36.4 Å². The number of alkyl halides is 3. The van der Waals surface area contributed by atoms with E-state index in [1.165, 1.54) is 6.92 Å². The van der Waals surface area contributed by atoms with Crippen molar-refractivity contribution in [1.82, 2.24) is 0 Å². The topological polar surface area (TPSA) is 81.4 Å². The number of hydrogen-bond acceptors (Lipinski definition) is 4. The minimum absolute atomic E-state index is 0.0675. The van der Waals surface area contributed by atoms with Crippen molar-refractivity contribution in [3.8, 4) is 5.75 Å². The third kappa shape index (κ3) is 5.00. The van der Waals surface area contributed by atoms with E-state index in [0.717, 1.165) is 24.3 Å². The predicted molar refractivity (Wildman–Crippen MR) is 85.0 cm³/mol. The molecule has 0 heterocycles. The van der Waals surface area contributed by atoms with Gasteiger partial charge >= 0.3 is 12.1 Å². The van der Waals surface area contributed by atoms with Gasteiger partial charge in [0, 0.05) is 11.8 Å². The van der Waals surface area contributed by atoms with Crippen molar-refractivity contribution in [2.75, 3.05) is 5.32 Å². The van der Waals surface area contributed by atoms with Crippen LogP contribution in [0.5, 0.6) is 5.75 Å². The van der Waals surface area contributed by atoms with E-state index in [1.807, 2.05) is 0 Å². The summed E-state index contributed by atoms with van der Waals surface area (Å²) in [7, 11) is 0. The van der Waals surface area contributed by atoms with Gasteiger partial charge in [-0.1, -0.05) is 0 Å². The van der Waals surface area contributed by atoms with Gasteiger partial charge in [0.25, 0.3) is 5.91 Å². The number of halogens is 5. The molecule has 1 atom stereocenters. The summed E-state index contributed by atoms with van der Waals surface area (Å²) in [5.41, 5.74) is 3.63. The lowest BCUT2D eigenvalue weighted by molar-refractivity contribution is -0.137. The second kappa shape index (κ2) is 7.70. The van der Waals surface area contributed by atoms with Crippen LogP contribution >= 0.6 is 0 Å². The minimum atomic E-state index is -4.56. The molecule has 3 N–H and O–H groups in total. The minimum Gasteiger partial charge on any atom is -0.421 e. The van der Waals surface area contributed by atoms with Gasteiger partial charge in [0.2, 0.25) is 0 Å². The third-order valence-electron chi connectivity index (χ3n) is 3.30. The lowest BCUT2D eigenvalue weighted by atomic mass is 10.1. The molecular formula is C17H13F5N2O3. The molecule has 0 radical (unpaired) electrons. The van der Waals surface area contributed by atoms with Crippen molar-refractivity contribution in [1.29, 1.82) is 0 Å². The van der Waals surface area contributed by atoms with Crippen molar-refractivity contribution in [2.45, 2.75) is 19.1 Å². The lowest BCUT2D eigenvalue weighted by Crippen LogP contribution is -2.32. The fourth-order valence-corrected chi connectivity index (χ4v) is 1.97.